The molecular formula is C23H26N6O2S. The molecule has 2 fully saturated rings. The van der Waals surface area contributed by atoms with Crippen LogP contribution in [-0.2, 0) is 11.8 Å². The topological polar surface area (TPSA) is 74.6 Å². The summed E-state index contributed by atoms with van der Waals surface area (Å²) in [6.45, 7) is 5.53. The van der Waals surface area contributed by atoms with E-state index in [4.69, 9.17) is 0 Å². The van der Waals surface area contributed by atoms with E-state index in [-0.39, 0.29) is 17.9 Å². The Morgan fingerprint density at radius 1 is 1.16 bits per heavy atom. The van der Waals surface area contributed by atoms with Gasteiger partial charge in [0, 0.05) is 75.1 Å². The minimum absolute atomic E-state index is 0.00555. The number of carbonyl (C=O) groups is 2. The number of thiazole rings is 1. The first-order valence-electron chi connectivity index (χ1n) is 10.8. The van der Waals surface area contributed by atoms with E-state index in [0.717, 1.165) is 35.7 Å². The summed E-state index contributed by atoms with van der Waals surface area (Å²) >= 11 is 1.38. The van der Waals surface area contributed by atoms with Crippen molar-refractivity contribution in [2.24, 2.45) is 7.05 Å². The van der Waals surface area contributed by atoms with Crippen molar-refractivity contribution in [2.45, 2.75) is 19.4 Å². The molecule has 5 rings (SSSR count). The maximum absolute atomic E-state index is 12.9. The molecule has 2 amide bonds. The molecule has 2 aliphatic rings. The van der Waals surface area contributed by atoms with Crippen molar-refractivity contribution in [1.29, 1.82) is 0 Å². The number of nitrogens with zero attached hydrogens (tertiary/aromatic N) is 6. The summed E-state index contributed by atoms with van der Waals surface area (Å²) in [5, 5.41) is 6.81. The van der Waals surface area contributed by atoms with E-state index in [1.165, 1.54) is 11.3 Å². The maximum Gasteiger partial charge on any atom is 0.282 e. The second kappa shape index (κ2) is 8.48. The van der Waals surface area contributed by atoms with Crippen molar-refractivity contribution >= 4 is 28.8 Å². The first-order chi connectivity index (χ1) is 15.5. The van der Waals surface area contributed by atoms with E-state index in [0.29, 0.717) is 31.1 Å². The van der Waals surface area contributed by atoms with Crippen LogP contribution in [-0.4, -0.2) is 75.1 Å². The van der Waals surface area contributed by atoms with E-state index in [9.17, 15) is 9.59 Å². The molecule has 1 unspecified atom stereocenters. The van der Waals surface area contributed by atoms with E-state index in [1.54, 1.807) is 6.20 Å². The predicted octanol–water partition coefficient (Wildman–Crippen LogP) is 2.42. The Labute approximate surface area is 191 Å². The van der Waals surface area contributed by atoms with E-state index in [2.05, 4.69) is 33.2 Å². The fourth-order valence-electron chi connectivity index (χ4n) is 4.65. The molecule has 2 saturated heterocycles. The highest BCUT2D eigenvalue weighted by Gasteiger charge is 2.36. The summed E-state index contributed by atoms with van der Waals surface area (Å²) in [7, 11) is 1.94. The van der Waals surface area contributed by atoms with Crippen LogP contribution in [0.4, 0.5) is 5.69 Å². The van der Waals surface area contributed by atoms with Gasteiger partial charge in [-0.15, -0.1) is 11.3 Å². The van der Waals surface area contributed by atoms with E-state index < -0.39 is 0 Å². The molecule has 0 aliphatic carbocycles. The molecule has 0 N–H and O–H groups in total. The van der Waals surface area contributed by atoms with Crippen LogP contribution in [0.25, 0.3) is 11.3 Å². The van der Waals surface area contributed by atoms with Crippen LogP contribution in [0.2, 0.25) is 0 Å². The van der Waals surface area contributed by atoms with Crippen LogP contribution in [0.5, 0.6) is 0 Å². The largest absolute Gasteiger partial charge is 0.334 e. The molecule has 0 bridgehead atoms. The quantitative estimate of drug-likeness (QED) is 0.610. The minimum atomic E-state index is 0.00555. The number of hydrogen-bond donors (Lipinski definition) is 0. The summed E-state index contributed by atoms with van der Waals surface area (Å²) in [6, 6.07) is 10.3. The fraction of sp³-hybridized carbons (Fsp3) is 0.391. The number of hydrogen-bond acceptors (Lipinski definition) is 6. The molecule has 8 nitrogen and oxygen atoms in total. The summed E-state index contributed by atoms with van der Waals surface area (Å²) in [5.74, 6) is 0.153. The lowest BCUT2D eigenvalue weighted by Crippen LogP contribution is -2.52. The number of carbonyl (C=O) groups excluding carboxylic acids is 2. The predicted molar refractivity (Wildman–Crippen MR) is 124 cm³/mol. The monoisotopic (exact) mass is 450 g/mol. The molecule has 1 atom stereocenters. The van der Waals surface area contributed by atoms with Gasteiger partial charge in [0.1, 0.15) is 0 Å². The Morgan fingerprint density at radius 3 is 2.66 bits per heavy atom. The van der Waals surface area contributed by atoms with Crippen molar-refractivity contribution in [3.05, 3.63) is 52.6 Å². The summed E-state index contributed by atoms with van der Waals surface area (Å²) < 4.78 is 1.87. The average molecular weight is 451 g/mol. The third kappa shape index (κ3) is 3.93. The van der Waals surface area contributed by atoms with Gasteiger partial charge < -0.3 is 9.80 Å². The molecule has 1 aromatic carbocycles. The summed E-state index contributed by atoms with van der Waals surface area (Å²) in [6.07, 6.45) is 2.17. The Bertz CT molecular complexity index is 1130. The third-order valence-corrected chi connectivity index (χ3v) is 7.05. The van der Waals surface area contributed by atoms with Gasteiger partial charge in [-0.2, -0.15) is 5.10 Å². The van der Waals surface area contributed by atoms with Crippen molar-refractivity contribution in [1.82, 2.24) is 24.6 Å². The van der Waals surface area contributed by atoms with Gasteiger partial charge in [-0.1, -0.05) is 12.1 Å². The van der Waals surface area contributed by atoms with Crippen molar-refractivity contribution in [3.63, 3.8) is 0 Å². The zero-order valence-corrected chi connectivity index (χ0v) is 19.1. The SMILES string of the molecule is Cc1cc(-c2cccc(N3CC(N4CCN(C(=O)c5nccs5)CC4)CC3=O)c2)n(C)n1. The Balaban J connectivity index is 1.25. The minimum Gasteiger partial charge on any atom is -0.334 e. The Hall–Kier alpha value is -3.04. The fourth-order valence-corrected chi connectivity index (χ4v) is 5.25. The molecule has 166 valence electrons. The van der Waals surface area contributed by atoms with Crippen molar-refractivity contribution < 1.29 is 9.59 Å². The zero-order valence-electron chi connectivity index (χ0n) is 18.3. The van der Waals surface area contributed by atoms with Crippen LogP contribution >= 0.6 is 11.3 Å². The van der Waals surface area contributed by atoms with Crippen LogP contribution in [0, 0.1) is 6.92 Å². The zero-order chi connectivity index (χ0) is 22.2. The highest BCUT2D eigenvalue weighted by atomic mass is 32.1. The molecule has 4 heterocycles. The Kier molecular flexibility index (Phi) is 5.52. The molecular weight excluding hydrogens is 424 g/mol. The van der Waals surface area contributed by atoms with Gasteiger partial charge in [-0.05, 0) is 25.1 Å². The molecule has 2 aliphatic heterocycles. The van der Waals surface area contributed by atoms with Crippen LogP contribution < -0.4 is 4.90 Å². The molecule has 0 spiro atoms. The number of benzene rings is 1. The summed E-state index contributed by atoms with van der Waals surface area (Å²) in [5.41, 5.74) is 3.98. The lowest BCUT2D eigenvalue weighted by molar-refractivity contribution is -0.117. The average Bonchev–Trinajstić information content (AvgIpc) is 3.54. The van der Waals surface area contributed by atoms with Crippen molar-refractivity contribution in [2.75, 3.05) is 37.6 Å². The van der Waals surface area contributed by atoms with Gasteiger partial charge in [0.2, 0.25) is 5.91 Å². The van der Waals surface area contributed by atoms with Gasteiger partial charge >= 0.3 is 0 Å². The molecule has 0 saturated carbocycles. The van der Waals surface area contributed by atoms with Gasteiger partial charge in [0.25, 0.3) is 5.91 Å². The highest BCUT2D eigenvalue weighted by Crippen LogP contribution is 2.29. The molecule has 0 radical (unpaired) electrons. The van der Waals surface area contributed by atoms with Crippen molar-refractivity contribution in [3.8, 4) is 11.3 Å². The highest BCUT2D eigenvalue weighted by molar-refractivity contribution is 7.11. The second-order valence-corrected chi connectivity index (χ2v) is 9.27. The van der Waals surface area contributed by atoms with E-state index in [1.807, 2.05) is 46.0 Å². The van der Waals surface area contributed by atoms with Crippen LogP contribution in [0.3, 0.4) is 0 Å². The van der Waals surface area contributed by atoms with Gasteiger partial charge in [-0.25, -0.2) is 4.98 Å². The first-order valence-corrected chi connectivity index (χ1v) is 11.7. The Morgan fingerprint density at radius 2 is 1.97 bits per heavy atom. The van der Waals surface area contributed by atoms with Gasteiger partial charge in [-0.3, -0.25) is 19.2 Å². The van der Waals surface area contributed by atoms with E-state index >= 15 is 0 Å². The molecule has 9 heteroatoms. The maximum atomic E-state index is 12.9. The lowest BCUT2D eigenvalue weighted by atomic mass is 10.1. The van der Waals surface area contributed by atoms with Crippen LogP contribution in [0.1, 0.15) is 21.9 Å². The van der Waals surface area contributed by atoms with Crippen LogP contribution in [0.15, 0.2) is 41.9 Å². The number of aromatic nitrogens is 3. The lowest BCUT2D eigenvalue weighted by Gasteiger charge is -2.37. The molecule has 3 aromatic rings. The second-order valence-electron chi connectivity index (χ2n) is 8.37. The number of anilines is 1. The molecule has 32 heavy (non-hydrogen) atoms. The van der Waals surface area contributed by atoms with Gasteiger partial charge in [0.15, 0.2) is 5.01 Å². The number of aryl methyl sites for hydroxylation is 2. The normalized spacial score (nSPS) is 19.7. The molecule has 2 aromatic heterocycles. The number of piperazine rings is 1. The summed E-state index contributed by atoms with van der Waals surface area (Å²) in [4.78, 5) is 35.7. The number of amides is 2. The third-order valence-electron chi connectivity index (χ3n) is 6.29. The van der Waals surface area contributed by atoms with Gasteiger partial charge in [0.05, 0.1) is 11.4 Å². The standard InChI is InChI=1S/C23H26N6O2S/c1-16-12-20(26(2)25-16)17-4-3-5-18(13-17)29-15-19(14-21(29)30)27-7-9-28(10-8-27)23(31)22-24-6-11-32-22/h3-6,11-13,19H,7-10,14-15H2,1-2H3. The first kappa shape index (κ1) is 20.8. The smallest absolute Gasteiger partial charge is 0.282 e. The number of rotatable bonds is 4.